The van der Waals surface area contributed by atoms with E-state index in [-0.39, 0.29) is 54.8 Å². The zero-order chi connectivity index (χ0) is 19.6. The van der Waals surface area contributed by atoms with Crippen molar-refractivity contribution in [2.75, 3.05) is 39.9 Å². The summed E-state index contributed by atoms with van der Waals surface area (Å²) in [6.07, 6.45) is 0.650. The van der Waals surface area contributed by atoms with Crippen LogP contribution < -0.4 is 10.1 Å². The first-order chi connectivity index (χ1) is 13.0. The molecular weight excluding hydrogens is 480 g/mol. The Balaban J connectivity index is 0.00000392. The molecule has 0 radical (unpaired) electrons. The van der Waals surface area contributed by atoms with Crippen LogP contribution in [0.2, 0.25) is 0 Å². The lowest BCUT2D eigenvalue weighted by molar-refractivity contribution is -0.146. The van der Waals surface area contributed by atoms with E-state index < -0.39 is 6.10 Å². The molecule has 7 nitrogen and oxygen atoms in total. The van der Waals surface area contributed by atoms with Gasteiger partial charge < -0.3 is 24.8 Å². The molecule has 0 saturated carbocycles. The molecule has 1 atom stereocenters. The number of hydrogen-bond donors (Lipinski definition) is 2. The summed E-state index contributed by atoms with van der Waals surface area (Å²) in [4.78, 5) is 18.2. The van der Waals surface area contributed by atoms with Crippen LogP contribution >= 0.6 is 24.0 Å². The number of aliphatic hydroxyl groups excluding tert-OH is 1. The summed E-state index contributed by atoms with van der Waals surface area (Å²) in [5, 5.41) is 13.3. The van der Waals surface area contributed by atoms with Gasteiger partial charge in [0.05, 0.1) is 19.6 Å². The lowest BCUT2D eigenvalue weighted by atomic mass is 9.97. The lowest BCUT2D eigenvalue weighted by Gasteiger charge is -2.33. The Hall–Kier alpha value is -1.62. The molecule has 1 heterocycles. The van der Waals surface area contributed by atoms with Crippen LogP contribution in [0.15, 0.2) is 29.3 Å². The Kier molecular flexibility index (Phi) is 11.1. The fraction of sp³-hybridized carbons (Fsp3) is 0.579. The Morgan fingerprint density at radius 2 is 2.00 bits per heavy atom. The number of halogens is 2. The second-order valence-corrected chi connectivity index (χ2v) is 6.40. The van der Waals surface area contributed by atoms with E-state index in [1.807, 2.05) is 6.92 Å². The first-order valence-electron chi connectivity index (χ1n) is 9.21. The van der Waals surface area contributed by atoms with Crippen LogP contribution in [0, 0.1) is 11.7 Å². The van der Waals surface area contributed by atoms with E-state index in [0.29, 0.717) is 44.2 Å². The fourth-order valence-electron chi connectivity index (χ4n) is 2.89. The Bertz CT molecular complexity index is 622. The summed E-state index contributed by atoms with van der Waals surface area (Å²) in [5.74, 6) is 0.644. The number of hydrogen-bond acceptors (Lipinski definition) is 5. The highest BCUT2D eigenvalue weighted by molar-refractivity contribution is 14.0. The topological polar surface area (TPSA) is 83.4 Å². The third-order valence-electron chi connectivity index (χ3n) is 4.37. The van der Waals surface area contributed by atoms with Crippen molar-refractivity contribution in [3.8, 4) is 5.75 Å². The number of nitrogens with one attached hydrogen (secondary N) is 1. The standard InChI is InChI=1S/C19H28FN3O4.HI/c1-3-21-19(23-10-8-14(9-11-23)18(25)26-2)22-12-16(24)13-27-17-6-4-15(20)5-7-17;/h4-7,14,16,24H,3,8-13H2,1-2H3,(H,21,22);1H. The molecule has 0 spiro atoms. The number of guanidine groups is 1. The summed E-state index contributed by atoms with van der Waals surface area (Å²) in [5.41, 5.74) is 0. The van der Waals surface area contributed by atoms with Gasteiger partial charge >= 0.3 is 5.97 Å². The van der Waals surface area contributed by atoms with Gasteiger partial charge in [0.2, 0.25) is 0 Å². The van der Waals surface area contributed by atoms with Crippen molar-refractivity contribution in [1.29, 1.82) is 0 Å². The highest BCUT2D eigenvalue weighted by Crippen LogP contribution is 2.18. The third kappa shape index (κ3) is 7.78. The Morgan fingerprint density at radius 1 is 1.36 bits per heavy atom. The van der Waals surface area contributed by atoms with Crippen LogP contribution in [0.25, 0.3) is 0 Å². The summed E-state index contributed by atoms with van der Waals surface area (Å²) >= 11 is 0. The predicted molar refractivity (Wildman–Crippen MR) is 116 cm³/mol. The average molecular weight is 509 g/mol. The zero-order valence-electron chi connectivity index (χ0n) is 16.3. The van der Waals surface area contributed by atoms with Crippen molar-refractivity contribution in [2.45, 2.75) is 25.9 Å². The number of ether oxygens (including phenoxy) is 2. The number of rotatable bonds is 7. The molecule has 0 amide bonds. The minimum Gasteiger partial charge on any atom is -0.491 e. The van der Waals surface area contributed by atoms with Crippen LogP contribution in [0.4, 0.5) is 4.39 Å². The van der Waals surface area contributed by atoms with Gasteiger partial charge in [-0.25, -0.2) is 4.39 Å². The molecule has 2 N–H and O–H groups in total. The molecule has 1 aliphatic rings. The van der Waals surface area contributed by atoms with Crippen molar-refractivity contribution in [1.82, 2.24) is 10.2 Å². The van der Waals surface area contributed by atoms with E-state index in [9.17, 15) is 14.3 Å². The second kappa shape index (κ2) is 12.8. The number of carbonyl (C=O) groups is 1. The second-order valence-electron chi connectivity index (χ2n) is 6.40. The molecule has 1 unspecified atom stereocenters. The summed E-state index contributed by atoms with van der Waals surface area (Å²) in [7, 11) is 1.41. The van der Waals surface area contributed by atoms with Crippen molar-refractivity contribution >= 4 is 35.9 Å². The number of likely N-dealkylation sites (tertiary alicyclic amines) is 1. The molecule has 2 rings (SSSR count). The quantitative estimate of drug-likeness (QED) is 0.254. The monoisotopic (exact) mass is 509 g/mol. The zero-order valence-corrected chi connectivity index (χ0v) is 18.6. The summed E-state index contributed by atoms with van der Waals surface area (Å²) in [6, 6.07) is 5.64. The molecule has 1 fully saturated rings. The van der Waals surface area contributed by atoms with E-state index >= 15 is 0 Å². The maximum absolute atomic E-state index is 12.9. The van der Waals surface area contributed by atoms with Crippen LogP contribution in [-0.4, -0.2) is 67.9 Å². The fourth-order valence-corrected chi connectivity index (χ4v) is 2.89. The van der Waals surface area contributed by atoms with Gasteiger partial charge in [-0.15, -0.1) is 24.0 Å². The van der Waals surface area contributed by atoms with Crippen LogP contribution in [-0.2, 0) is 9.53 Å². The number of carbonyl (C=O) groups excluding carboxylic acids is 1. The summed E-state index contributed by atoms with van der Waals surface area (Å²) in [6.45, 7) is 4.34. The SMILES string of the molecule is CCNC(=NCC(O)COc1ccc(F)cc1)N1CCC(C(=O)OC)CC1.I. The predicted octanol–water partition coefficient (Wildman–Crippen LogP) is 2.03. The molecule has 28 heavy (non-hydrogen) atoms. The first-order valence-corrected chi connectivity index (χ1v) is 9.21. The third-order valence-corrected chi connectivity index (χ3v) is 4.37. The Labute approximate surface area is 182 Å². The van der Waals surface area contributed by atoms with Crippen LogP contribution in [0.3, 0.4) is 0 Å². The number of methoxy groups -OCH3 is 1. The lowest BCUT2D eigenvalue weighted by Crippen LogP contribution is -2.47. The molecule has 0 bridgehead atoms. The van der Waals surface area contributed by atoms with Gasteiger partial charge in [-0.3, -0.25) is 9.79 Å². The van der Waals surface area contributed by atoms with Crippen LogP contribution in [0.5, 0.6) is 5.75 Å². The number of aliphatic hydroxyl groups is 1. The molecular formula is C19H29FIN3O4. The maximum Gasteiger partial charge on any atom is 0.308 e. The van der Waals surface area contributed by atoms with Gasteiger partial charge in [0, 0.05) is 19.6 Å². The highest BCUT2D eigenvalue weighted by Gasteiger charge is 2.27. The molecule has 1 aliphatic heterocycles. The smallest absolute Gasteiger partial charge is 0.308 e. The van der Waals surface area contributed by atoms with E-state index in [1.54, 1.807) is 0 Å². The number of benzene rings is 1. The number of aliphatic imine (C=N–C) groups is 1. The van der Waals surface area contributed by atoms with Gasteiger partial charge in [-0.1, -0.05) is 0 Å². The number of nitrogens with zero attached hydrogens (tertiary/aromatic N) is 2. The van der Waals surface area contributed by atoms with Gasteiger partial charge in [0.15, 0.2) is 5.96 Å². The van der Waals surface area contributed by atoms with Gasteiger partial charge in [0.1, 0.15) is 24.3 Å². The minimum atomic E-state index is -0.781. The number of piperidine rings is 1. The molecule has 0 aliphatic carbocycles. The van der Waals surface area contributed by atoms with E-state index in [1.165, 1.54) is 31.4 Å². The van der Waals surface area contributed by atoms with E-state index in [2.05, 4.69) is 15.2 Å². The van der Waals surface area contributed by atoms with Gasteiger partial charge in [-0.2, -0.15) is 0 Å². The molecule has 158 valence electrons. The largest absolute Gasteiger partial charge is 0.491 e. The van der Waals surface area contributed by atoms with E-state index in [0.717, 1.165) is 0 Å². The van der Waals surface area contributed by atoms with Crippen molar-refractivity contribution in [2.24, 2.45) is 10.9 Å². The number of esters is 1. The van der Waals surface area contributed by atoms with Crippen LogP contribution in [0.1, 0.15) is 19.8 Å². The minimum absolute atomic E-state index is 0. The molecule has 1 aromatic rings. The van der Waals surface area contributed by atoms with Crippen molar-refractivity contribution < 1.29 is 23.8 Å². The summed E-state index contributed by atoms with van der Waals surface area (Å²) < 4.78 is 23.1. The normalized spacial score (nSPS) is 16.1. The van der Waals surface area contributed by atoms with Gasteiger partial charge in [0.25, 0.3) is 0 Å². The molecule has 9 heteroatoms. The van der Waals surface area contributed by atoms with Crippen molar-refractivity contribution in [3.05, 3.63) is 30.1 Å². The molecule has 1 saturated heterocycles. The van der Waals surface area contributed by atoms with Crippen molar-refractivity contribution in [3.63, 3.8) is 0 Å². The van der Waals surface area contributed by atoms with Gasteiger partial charge in [-0.05, 0) is 44.0 Å². The first kappa shape index (κ1) is 24.4. The highest BCUT2D eigenvalue weighted by atomic mass is 127. The van der Waals surface area contributed by atoms with E-state index in [4.69, 9.17) is 9.47 Å². The molecule has 1 aromatic carbocycles. The molecule has 0 aromatic heterocycles. The Morgan fingerprint density at radius 3 is 2.57 bits per heavy atom. The maximum atomic E-state index is 12.9. The average Bonchev–Trinajstić information content (AvgIpc) is 2.70.